The Morgan fingerprint density at radius 3 is 2.32 bits per heavy atom. The molecule has 0 aliphatic carbocycles. The lowest BCUT2D eigenvalue weighted by molar-refractivity contribution is 0.101. The van der Waals surface area contributed by atoms with Gasteiger partial charge in [-0.25, -0.2) is 0 Å². The van der Waals surface area contributed by atoms with E-state index in [1.54, 1.807) is 24.4 Å². The molecule has 1 heterocycles. The predicted molar refractivity (Wildman–Crippen MR) is 112 cm³/mol. The van der Waals surface area contributed by atoms with E-state index in [0.717, 1.165) is 10.0 Å². The highest BCUT2D eigenvalue weighted by atomic mass is 79.9. The highest BCUT2D eigenvalue weighted by Gasteiger charge is 2.12. The van der Waals surface area contributed by atoms with Crippen LogP contribution in [-0.2, 0) is 0 Å². The van der Waals surface area contributed by atoms with E-state index in [2.05, 4.69) is 26.2 Å². The number of nitrogens with zero attached hydrogens (tertiary/aromatic N) is 1. The molecule has 1 aromatic heterocycles. The van der Waals surface area contributed by atoms with Crippen molar-refractivity contribution in [3.05, 3.63) is 88.2 Å². The van der Waals surface area contributed by atoms with Gasteiger partial charge in [-0.15, -0.1) is 0 Å². The van der Waals surface area contributed by atoms with Crippen molar-refractivity contribution in [2.45, 2.75) is 20.0 Å². The maximum Gasteiger partial charge on any atom is 0.257 e. The number of anilines is 1. The lowest BCUT2D eigenvalue weighted by Gasteiger charge is -2.15. The lowest BCUT2D eigenvalue weighted by atomic mass is 10.1. The molecule has 0 bridgehead atoms. The first-order chi connectivity index (χ1) is 13.4. The summed E-state index contributed by atoms with van der Waals surface area (Å²) in [7, 11) is 0. The van der Waals surface area contributed by atoms with Crippen molar-refractivity contribution < 1.29 is 14.3 Å². The van der Waals surface area contributed by atoms with Gasteiger partial charge in [0.25, 0.3) is 5.91 Å². The molecule has 0 saturated heterocycles. The molecule has 1 amide bonds. The molecule has 0 fully saturated rings. The average molecular weight is 439 g/mol. The number of pyridine rings is 1. The second kappa shape index (κ2) is 8.80. The van der Waals surface area contributed by atoms with Crippen LogP contribution in [0.4, 0.5) is 5.69 Å². The van der Waals surface area contributed by atoms with E-state index in [1.165, 1.54) is 13.1 Å². The fraction of sp³-hybridized carbons (Fsp3) is 0.136. The third kappa shape index (κ3) is 5.04. The summed E-state index contributed by atoms with van der Waals surface area (Å²) in [6, 6.07) is 16.2. The van der Waals surface area contributed by atoms with Crippen molar-refractivity contribution in [3.8, 4) is 5.75 Å². The summed E-state index contributed by atoms with van der Waals surface area (Å²) in [4.78, 5) is 28.0. The number of rotatable bonds is 6. The number of carbonyl (C=O) groups is 2. The van der Waals surface area contributed by atoms with Crippen LogP contribution in [0.15, 0.2) is 71.5 Å². The van der Waals surface area contributed by atoms with Crippen LogP contribution in [-0.4, -0.2) is 16.7 Å². The average Bonchev–Trinajstić information content (AvgIpc) is 2.70. The minimum atomic E-state index is -0.265. The van der Waals surface area contributed by atoms with E-state index in [4.69, 9.17) is 4.74 Å². The first-order valence-electron chi connectivity index (χ1n) is 8.72. The van der Waals surface area contributed by atoms with Crippen molar-refractivity contribution in [2.24, 2.45) is 0 Å². The molecule has 0 aliphatic rings. The van der Waals surface area contributed by atoms with Crippen LogP contribution in [0.3, 0.4) is 0 Å². The largest absolute Gasteiger partial charge is 0.484 e. The summed E-state index contributed by atoms with van der Waals surface area (Å²) in [5.41, 5.74) is 2.68. The van der Waals surface area contributed by atoms with Gasteiger partial charge in [0.1, 0.15) is 11.9 Å². The number of ketones is 1. The van der Waals surface area contributed by atoms with Crippen LogP contribution in [0.1, 0.15) is 46.2 Å². The number of halogens is 1. The third-order valence-electron chi connectivity index (χ3n) is 4.18. The molecular formula is C22H19BrN2O3. The number of carbonyl (C=O) groups excluding carboxylic acids is 2. The molecular weight excluding hydrogens is 420 g/mol. The molecule has 2 aromatic carbocycles. The zero-order chi connectivity index (χ0) is 20.1. The van der Waals surface area contributed by atoms with Gasteiger partial charge in [0.15, 0.2) is 5.78 Å². The van der Waals surface area contributed by atoms with Gasteiger partial charge in [0.2, 0.25) is 0 Å². The minimum absolute atomic E-state index is 0.0220. The van der Waals surface area contributed by atoms with Crippen molar-refractivity contribution in [1.82, 2.24) is 4.98 Å². The molecule has 0 saturated carbocycles. The van der Waals surface area contributed by atoms with Gasteiger partial charge in [-0.05, 0) is 49.7 Å². The van der Waals surface area contributed by atoms with Crippen molar-refractivity contribution in [2.75, 3.05) is 5.32 Å². The minimum Gasteiger partial charge on any atom is -0.484 e. The van der Waals surface area contributed by atoms with Gasteiger partial charge >= 0.3 is 0 Å². The Hall–Kier alpha value is -2.99. The highest BCUT2D eigenvalue weighted by molar-refractivity contribution is 9.10. The molecule has 3 rings (SSSR count). The summed E-state index contributed by atoms with van der Waals surface area (Å²) in [5.74, 6) is 0.249. The molecule has 0 radical (unpaired) electrons. The zero-order valence-corrected chi connectivity index (χ0v) is 17.1. The van der Waals surface area contributed by atoms with Gasteiger partial charge < -0.3 is 10.1 Å². The van der Waals surface area contributed by atoms with Gasteiger partial charge in [0.05, 0.1) is 11.8 Å². The third-order valence-corrected chi connectivity index (χ3v) is 4.71. The number of amides is 1. The van der Waals surface area contributed by atoms with Gasteiger partial charge in [-0.1, -0.05) is 40.2 Å². The Bertz CT molecular complexity index is 985. The number of Topliss-reactive ketones (excluding diaryl/α,β-unsaturated/α-hetero) is 1. The quantitative estimate of drug-likeness (QED) is 0.520. The van der Waals surface area contributed by atoms with Crippen LogP contribution in [0.5, 0.6) is 5.75 Å². The molecule has 3 aromatic rings. The Morgan fingerprint density at radius 2 is 1.68 bits per heavy atom. The molecule has 5 nitrogen and oxygen atoms in total. The number of hydrogen-bond acceptors (Lipinski definition) is 4. The summed E-state index contributed by atoms with van der Waals surface area (Å²) >= 11 is 3.36. The Kier molecular flexibility index (Phi) is 6.21. The molecule has 1 unspecified atom stereocenters. The Morgan fingerprint density at radius 1 is 1.00 bits per heavy atom. The second-order valence-corrected chi connectivity index (χ2v) is 7.22. The number of aromatic nitrogens is 1. The second-order valence-electron chi connectivity index (χ2n) is 6.31. The van der Waals surface area contributed by atoms with E-state index >= 15 is 0 Å². The van der Waals surface area contributed by atoms with Gasteiger partial charge in [-0.2, -0.15) is 0 Å². The number of nitrogens with one attached hydrogen (secondary N) is 1. The van der Waals surface area contributed by atoms with Crippen LogP contribution in [0.25, 0.3) is 0 Å². The molecule has 0 spiro atoms. The predicted octanol–water partition coefficient (Wildman–Crippen LogP) is 5.44. The van der Waals surface area contributed by atoms with E-state index in [0.29, 0.717) is 22.6 Å². The Labute approximate surface area is 171 Å². The maximum absolute atomic E-state index is 12.5. The fourth-order valence-corrected chi connectivity index (χ4v) is 2.87. The smallest absolute Gasteiger partial charge is 0.257 e. The molecule has 28 heavy (non-hydrogen) atoms. The summed E-state index contributed by atoms with van der Waals surface area (Å²) < 4.78 is 6.86. The number of benzene rings is 2. The van der Waals surface area contributed by atoms with E-state index in [-0.39, 0.29) is 17.8 Å². The van der Waals surface area contributed by atoms with E-state index in [1.807, 2.05) is 43.3 Å². The molecule has 0 aliphatic heterocycles. The molecule has 1 N–H and O–H groups in total. The van der Waals surface area contributed by atoms with Crippen LogP contribution < -0.4 is 10.1 Å². The normalized spacial score (nSPS) is 11.5. The first-order valence-corrected chi connectivity index (χ1v) is 9.51. The van der Waals surface area contributed by atoms with Crippen LogP contribution in [0, 0.1) is 0 Å². The van der Waals surface area contributed by atoms with E-state index in [9.17, 15) is 9.59 Å². The SMILES string of the molecule is CC(=O)c1ccc(C(C)Oc2cncc(C(=O)Nc3ccc(Br)cc3)c2)cc1. The van der Waals surface area contributed by atoms with E-state index < -0.39 is 0 Å². The number of hydrogen-bond donors (Lipinski definition) is 1. The van der Waals surface area contributed by atoms with Crippen molar-refractivity contribution in [3.63, 3.8) is 0 Å². The topological polar surface area (TPSA) is 68.3 Å². The molecule has 6 heteroatoms. The summed E-state index contributed by atoms with van der Waals surface area (Å²) in [5, 5.41) is 2.83. The molecule has 1 atom stereocenters. The van der Waals surface area contributed by atoms with Crippen LogP contribution in [0.2, 0.25) is 0 Å². The first kappa shape index (κ1) is 19.8. The van der Waals surface area contributed by atoms with Crippen molar-refractivity contribution in [1.29, 1.82) is 0 Å². The lowest BCUT2D eigenvalue weighted by Crippen LogP contribution is -2.12. The maximum atomic E-state index is 12.5. The summed E-state index contributed by atoms with van der Waals surface area (Å²) in [6.07, 6.45) is 2.80. The number of ether oxygens (including phenoxy) is 1. The highest BCUT2D eigenvalue weighted by Crippen LogP contribution is 2.23. The van der Waals surface area contributed by atoms with Crippen molar-refractivity contribution >= 4 is 33.3 Å². The monoisotopic (exact) mass is 438 g/mol. The summed E-state index contributed by atoms with van der Waals surface area (Å²) in [6.45, 7) is 3.43. The fourth-order valence-electron chi connectivity index (χ4n) is 2.60. The van der Waals surface area contributed by atoms with Crippen LogP contribution >= 0.6 is 15.9 Å². The molecule has 142 valence electrons. The Balaban J connectivity index is 1.69. The van der Waals surface area contributed by atoms with Gasteiger partial charge in [-0.3, -0.25) is 14.6 Å². The van der Waals surface area contributed by atoms with Gasteiger partial charge in [0, 0.05) is 21.9 Å². The standard InChI is InChI=1S/C22H19BrN2O3/c1-14(26)16-3-5-17(6-4-16)15(2)28-21-11-18(12-24-13-21)22(27)25-20-9-7-19(23)8-10-20/h3-13,15H,1-2H3,(H,25,27). The zero-order valence-electron chi connectivity index (χ0n) is 15.5.